The number of benzene rings is 1. The first-order valence-corrected chi connectivity index (χ1v) is 8.19. The quantitative estimate of drug-likeness (QED) is 0.832. The van der Waals surface area contributed by atoms with E-state index in [1.54, 1.807) is 11.8 Å². The van der Waals surface area contributed by atoms with Crippen molar-refractivity contribution in [3.05, 3.63) is 45.7 Å². The maximum Gasteiger partial charge on any atom is 0.192 e. The van der Waals surface area contributed by atoms with Crippen LogP contribution in [0.15, 0.2) is 28.3 Å². The second-order valence-corrected chi connectivity index (χ2v) is 6.39. The van der Waals surface area contributed by atoms with Gasteiger partial charge in [-0.25, -0.2) is 9.97 Å². The Morgan fingerprint density at radius 1 is 1.14 bits per heavy atom. The van der Waals surface area contributed by atoms with E-state index in [9.17, 15) is 0 Å². The predicted octanol–water partition coefficient (Wildman–Crippen LogP) is 4.32. The van der Waals surface area contributed by atoms with Crippen molar-refractivity contribution in [3.8, 4) is 0 Å². The van der Waals surface area contributed by atoms with Crippen molar-refractivity contribution in [2.75, 3.05) is 6.54 Å². The van der Waals surface area contributed by atoms with Gasteiger partial charge >= 0.3 is 0 Å². The lowest BCUT2D eigenvalue weighted by Gasteiger charge is -2.09. The summed E-state index contributed by atoms with van der Waals surface area (Å²) in [6.07, 6.45) is 0. The molecule has 112 valence electrons. The number of rotatable bonds is 5. The largest absolute Gasteiger partial charge is 0.313 e. The normalized spacial score (nSPS) is 10.9. The van der Waals surface area contributed by atoms with Crippen molar-refractivity contribution in [2.24, 2.45) is 0 Å². The third-order valence-corrected chi connectivity index (χ3v) is 4.62. The summed E-state index contributed by atoms with van der Waals surface area (Å²) in [5.74, 6) is 0. The van der Waals surface area contributed by atoms with E-state index in [2.05, 4.69) is 34.3 Å². The zero-order valence-electron chi connectivity index (χ0n) is 12.8. The molecule has 0 aliphatic rings. The van der Waals surface area contributed by atoms with E-state index in [0.717, 1.165) is 50.7 Å². The summed E-state index contributed by atoms with van der Waals surface area (Å²) in [6.45, 7) is 9.88. The molecule has 0 aliphatic heterocycles. The van der Waals surface area contributed by atoms with Gasteiger partial charge in [0, 0.05) is 27.9 Å². The summed E-state index contributed by atoms with van der Waals surface area (Å²) in [7, 11) is 0. The highest BCUT2D eigenvalue weighted by atomic mass is 35.5. The fraction of sp³-hybridized carbons (Fsp3) is 0.375. The lowest BCUT2D eigenvalue weighted by molar-refractivity contribution is 0.726. The molecule has 1 aromatic carbocycles. The summed E-state index contributed by atoms with van der Waals surface area (Å²) in [6, 6.07) is 6.10. The molecule has 21 heavy (non-hydrogen) atoms. The van der Waals surface area contributed by atoms with E-state index in [0.29, 0.717) is 0 Å². The molecule has 0 amide bonds. The first kappa shape index (κ1) is 16.3. The number of nitrogens with zero attached hydrogens (tertiary/aromatic N) is 2. The van der Waals surface area contributed by atoms with Gasteiger partial charge in [0.05, 0.1) is 0 Å². The zero-order chi connectivity index (χ0) is 15.4. The maximum absolute atomic E-state index is 6.32. The van der Waals surface area contributed by atoms with Gasteiger partial charge in [0.2, 0.25) is 0 Å². The molecule has 0 spiro atoms. The van der Waals surface area contributed by atoms with Crippen molar-refractivity contribution >= 4 is 23.4 Å². The average molecular weight is 322 g/mol. The molecule has 3 nitrogen and oxygen atoms in total. The van der Waals surface area contributed by atoms with Gasteiger partial charge in [0.1, 0.15) is 0 Å². The lowest BCUT2D eigenvalue weighted by Crippen LogP contribution is -2.11. The standard InChI is InChI=1S/C16H20ClN3S/c1-5-18-9-13-6-7-14(8-15(13)17)21-16-19-11(3)10(2)12(4)20-16/h6-8,18H,5,9H2,1-4H3. The fourth-order valence-corrected chi connectivity index (χ4v) is 3.09. The van der Waals surface area contributed by atoms with Crippen LogP contribution in [0.25, 0.3) is 0 Å². The van der Waals surface area contributed by atoms with Gasteiger partial charge in [0.15, 0.2) is 5.16 Å². The van der Waals surface area contributed by atoms with E-state index in [-0.39, 0.29) is 0 Å². The van der Waals surface area contributed by atoms with Gasteiger partial charge in [-0.3, -0.25) is 0 Å². The van der Waals surface area contributed by atoms with Gasteiger partial charge in [-0.1, -0.05) is 24.6 Å². The van der Waals surface area contributed by atoms with Crippen LogP contribution in [0.4, 0.5) is 0 Å². The molecule has 0 saturated heterocycles. The molecule has 0 unspecified atom stereocenters. The van der Waals surface area contributed by atoms with Crippen LogP contribution >= 0.6 is 23.4 Å². The molecule has 1 aromatic heterocycles. The number of nitrogens with one attached hydrogen (secondary N) is 1. The van der Waals surface area contributed by atoms with Crippen LogP contribution in [0.2, 0.25) is 5.02 Å². The Bertz CT molecular complexity index is 620. The van der Waals surface area contributed by atoms with Gasteiger partial charge < -0.3 is 5.32 Å². The van der Waals surface area contributed by atoms with Gasteiger partial charge in [-0.15, -0.1) is 0 Å². The second-order valence-electron chi connectivity index (χ2n) is 4.94. The Hall–Kier alpha value is -1.10. The van der Waals surface area contributed by atoms with E-state index < -0.39 is 0 Å². The minimum Gasteiger partial charge on any atom is -0.313 e. The summed E-state index contributed by atoms with van der Waals surface area (Å²) in [5, 5.41) is 4.83. The molecule has 1 N–H and O–H groups in total. The Morgan fingerprint density at radius 2 is 1.81 bits per heavy atom. The smallest absolute Gasteiger partial charge is 0.192 e. The van der Waals surface area contributed by atoms with Crippen LogP contribution < -0.4 is 5.32 Å². The highest BCUT2D eigenvalue weighted by Gasteiger charge is 2.08. The number of hydrogen-bond donors (Lipinski definition) is 1. The first-order chi connectivity index (χ1) is 10.0. The van der Waals surface area contributed by atoms with Gasteiger partial charge in [-0.05, 0) is 62.3 Å². The molecule has 2 aromatic rings. The van der Waals surface area contributed by atoms with Gasteiger partial charge in [0.25, 0.3) is 0 Å². The monoisotopic (exact) mass is 321 g/mol. The summed E-state index contributed by atoms with van der Waals surface area (Å²) >= 11 is 7.87. The third-order valence-electron chi connectivity index (χ3n) is 3.41. The Morgan fingerprint density at radius 3 is 2.38 bits per heavy atom. The molecule has 0 fully saturated rings. The first-order valence-electron chi connectivity index (χ1n) is 7.00. The predicted molar refractivity (Wildman–Crippen MR) is 89.2 cm³/mol. The molecule has 0 saturated carbocycles. The van der Waals surface area contributed by atoms with E-state index >= 15 is 0 Å². The molecule has 2 rings (SSSR count). The van der Waals surface area contributed by atoms with Crippen molar-refractivity contribution in [1.29, 1.82) is 0 Å². The Balaban J connectivity index is 2.18. The second kappa shape index (κ2) is 7.25. The highest BCUT2D eigenvalue weighted by Crippen LogP contribution is 2.29. The van der Waals surface area contributed by atoms with Crippen LogP contribution in [0.3, 0.4) is 0 Å². The summed E-state index contributed by atoms with van der Waals surface area (Å²) in [4.78, 5) is 10.1. The van der Waals surface area contributed by atoms with Crippen LogP contribution in [0.1, 0.15) is 29.4 Å². The summed E-state index contributed by atoms with van der Waals surface area (Å²) < 4.78 is 0. The topological polar surface area (TPSA) is 37.8 Å². The fourth-order valence-electron chi connectivity index (χ4n) is 1.89. The SMILES string of the molecule is CCNCc1ccc(Sc2nc(C)c(C)c(C)n2)cc1Cl. The number of aromatic nitrogens is 2. The molecule has 1 heterocycles. The van der Waals surface area contributed by atoms with Crippen molar-refractivity contribution in [3.63, 3.8) is 0 Å². The number of halogens is 1. The Kier molecular flexibility index (Phi) is 5.62. The molecule has 0 atom stereocenters. The van der Waals surface area contributed by atoms with E-state index in [4.69, 9.17) is 11.6 Å². The van der Waals surface area contributed by atoms with Crippen LogP contribution in [0, 0.1) is 20.8 Å². The minimum atomic E-state index is 0.770. The molecule has 0 radical (unpaired) electrons. The highest BCUT2D eigenvalue weighted by molar-refractivity contribution is 7.99. The van der Waals surface area contributed by atoms with Gasteiger partial charge in [-0.2, -0.15) is 0 Å². The third kappa shape index (κ3) is 4.19. The number of aryl methyl sites for hydroxylation is 2. The molecular formula is C16H20ClN3S. The maximum atomic E-state index is 6.32. The van der Waals surface area contributed by atoms with Crippen LogP contribution in [-0.2, 0) is 6.54 Å². The molecule has 0 aliphatic carbocycles. The summed E-state index contributed by atoms with van der Waals surface area (Å²) in [5.41, 5.74) is 4.32. The van der Waals surface area contributed by atoms with E-state index in [1.807, 2.05) is 26.8 Å². The lowest BCUT2D eigenvalue weighted by atomic mass is 10.2. The van der Waals surface area contributed by atoms with Crippen molar-refractivity contribution in [1.82, 2.24) is 15.3 Å². The Labute approximate surface area is 135 Å². The molecular weight excluding hydrogens is 302 g/mol. The van der Waals surface area contributed by atoms with Crippen molar-refractivity contribution in [2.45, 2.75) is 44.3 Å². The van der Waals surface area contributed by atoms with Crippen LogP contribution in [0.5, 0.6) is 0 Å². The van der Waals surface area contributed by atoms with Crippen LogP contribution in [-0.4, -0.2) is 16.5 Å². The zero-order valence-corrected chi connectivity index (χ0v) is 14.4. The van der Waals surface area contributed by atoms with E-state index in [1.165, 1.54) is 0 Å². The minimum absolute atomic E-state index is 0.770. The number of hydrogen-bond acceptors (Lipinski definition) is 4. The molecule has 5 heteroatoms. The molecule has 0 bridgehead atoms. The van der Waals surface area contributed by atoms with Crippen molar-refractivity contribution < 1.29 is 0 Å². The average Bonchev–Trinajstić information content (AvgIpc) is 2.44.